The van der Waals surface area contributed by atoms with Gasteiger partial charge < -0.3 is 19.5 Å². The Morgan fingerprint density at radius 2 is 1.78 bits per heavy atom. The van der Waals surface area contributed by atoms with E-state index in [0.29, 0.717) is 28.8 Å². The number of hydrogen-bond acceptors (Lipinski definition) is 10. The number of carbonyl (C=O) groups is 2. The highest BCUT2D eigenvalue weighted by molar-refractivity contribution is 7.91. The van der Waals surface area contributed by atoms with E-state index in [1.165, 1.54) is 50.9 Å². The third kappa shape index (κ3) is 6.62. The Morgan fingerprint density at radius 3 is 2.44 bits per heavy atom. The van der Waals surface area contributed by atoms with E-state index in [1.54, 1.807) is 0 Å². The van der Waals surface area contributed by atoms with Gasteiger partial charge >= 0.3 is 12.1 Å². The standard InChI is InChI=1S/C26H26F3N3O7S2/c1-37-17-10-9-14(12-18(17)38-2)16-13-20(26(27,28)29)31-25(30-16)41(35,36)11-5-8-21(33)32-23-22(24(34)39-3)15-6-4-7-19(15)40-23/h9-10,12-13H,4-8,11H2,1-3H3,(H,32,33). The van der Waals surface area contributed by atoms with Gasteiger partial charge in [-0.2, -0.15) is 13.2 Å². The highest BCUT2D eigenvalue weighted by Crippen LogP contribution is 2.40. The molecule has 2 aromatic heterocycles. The normalized spacial score (nSPS) is 13.0. The fraction of sp³-hybridized carbons (Fsp3) is 0.385. The van der Waals surface area contributed by atoms with Crippen LogP contribution in [0.5, 0.6) is 11.5 Å². The van der Waals surface area contributed by atoms with Gasteiger partial charge in [-0.15, -0.1) is 11.3 Å². The van der Waals surface area contributed by atoms with E-state index in [9.17, 15) is 31.2 Å². The molecule has 1 amide bonds. The Labute approximate surface area is 237 Å². The van der Waals surface area contributed by atoms with Gasteiger partial charge in [0, 0.05) is 16.9 Å². The molecule has 0 spiro atoms. The number of ether oxygens (including phenoxy) is 3. The van der Waals surface area contributed by atoms with Gasteiger partial charge in [-0.1, -0.05) is 0 Å². The molecule has 0 fully saturated rings. The number of hydrogen-bond donors (Lipinski definition) is 1. The molecule has 3 aromatic rings. The molecular formula is C26H26F3N3O7S2. The smallest absolute Gasteiger partial charge is 0.433 e. The van der Waals surface area contributed by atoms with Gasteiger partial charge in [-0.25, -0.2) is 23.2 Å². The molecule has 0 bridgehead atoms. The van der Waals surface area contributed by atoms with Crippen LogP contribution in [0.4, 0.5) is 18.2 Å². The summed E-state index contributed by atoms with van der Waals surface area (Å²) in [5.41, 5.74) is -0.436. The average molecular weight is 614 g/mol. The molecule has 0 unspecified atom stereocenters. The Balaban J connectivity index is 1.52. The summed E-state index contributed by atoms with van der Waals surface area (Å²) in [6.45, 7) is 0. The predicted molar refractivity (Wildman–Crippen MR) is 143 cm³/mol. The zero-order valence-electron chi connectivity index (χ0n) is 22.3. The highest BCUT2D eigenvalue weighted by atomic mass is 32.2. The van der Waals surface area contributed by atoms with Crippen LogP contribution in [-0.2, 0) is 38.4 Å². The Hall–Kier alpha value is -3.72. The number of rotatable bonds is 10. The quantitative estimate of drug-likeness (QED) is 0.255. The van der Waals surface area contributed by atoms with E-state index in [1.807, 2.05) is 0 Å². The number of benzene rings is 1. The van der Waals surface area contributed by atoms with Crippen molar-refractivity contribution in [1.29, 1.82) is 0 Å². The summed E-state index contributed by atoms with van der Waals surface area (Å²) in [4.78, 5) is 33.1. The maximum absolute atomic E-state index is 13.6. The first-order chi connectivity index (χ1) is 19.4. The van der Waals surface area contributed by atoms with E-state index in [4.69, 9.17) is 14.2 Å². The second-order valence-corrected chi connectivity index (χ2v) is 12.1. The second-order valence-electron chi connectivity index (χ2n) is 9.01. The molecule has 4 rings (SSSR count). The maximum atomic E-state index is 13.6. The van der Waals surface area contributed by atoms with E-state index in [2.05, 4.69) is 15.3 Å². The maximum Gasteiger partial charge on any atom is 0.433 e. The number of aryl methyl sites for hydroxylation is 1. The third-order valence-electron chi connectivity index (χ3n) is 6.33. The topological polar surface area (TPSA) is 134 Å². The first-order valence-electron chi connectivity index (χ1n) is 12.3. The Bertz CT molecular complexity index is 1590. The fourth-order valence-corrected chi connectivity index (χ4v) is 6.84. The van der Waals surface area contributed by atoms with E-state index in [0.717, 1.165) is 23.3 Å². The molecule has 0 aliphatic heterocycles. The lowest BCUT2D eigenvalue weighted by molar-refractivity contribution is -0.141. The van der Waals surface area contributed by atoms with Crippen molar-refractivity contribution in [2.24, 2.45) is 0 Å². The molecule has 2 heterocycles. The number of esters is 1. The van der Waals surface area contributed by atoms with E-state index >= 15 is 0 Å². The van der Waals surface area contributed by atoms with Crippen molar-refractivity contribution in [3.63, 3.8) is 0 Å². The number of carbonyl (C=O) groups excluding carboxylic acids is 2. The zero-order valence-corrected chi connectivity index (χ0v) is 23.9. The van der Waals surface area contributed by atoms with Crippen molar-refractivity contribution in [3.05, 3.63) is 46.0 Å². The molecule has 0 radical (unpaired) electrons. The number of aromatic nitrogens is 2. The van der Waals surface area contributed by atoms with Crippen molar-refractivity contribution in [2.45, 2.75) is 43.4 Å². The number of nitrogens with zero attached hydrogens (tertiary/aromatic N) is 2. The Kier molecular flexibility index (Phi) is 8.87. The molecule has 10 nitrogen and oxygen atoms in total. The van der Waals surface area contributed by atoms with Crippen molar-refractivity contribution in [2.75, 3.05) is 32.4 Å². The fourth-order valence-electron chi connectivity index (χ4n) is 4.37. The van der Waals surface area contributed by atoms with Gasteiger partial charge in [-0.3, -0.25) is 4.79 Å². The largest absolute Gasteiger partial charge is 0.493 e. The minimum Gasteiger partial charge on any atom is -0.493 e. The SMILES string of the molecule is COC(=O)c1c(NC(=O)CCCS(=O)(=O)c2nc(-c3ccc(OC)c(OC)c3)cc(C(F)(F)F)n2)sc2c1CCC2. The highest BCUT2D eigenvalue weighted by Gasteiger charge is 2.35. The van der Waals surface area contributed by atoms with E-state index in [-0.39, 0.29) is 29.8 Å². The van der Waals surface area contributed by atoms with Crippen molar-refractivity contribution >= 4 is 38.1 Å². The summed E-state index contributed by atoms with van der Waals surface area (Å²) in [6, 6.07) is 4.87. The van der Waals surface area contributed by atoms with Gasteiger partial charge in [0.2, 0.25) is 20.9 Å². The lowest BCUT2D eigenvalue weighted by Gasteiger charge is -2.13. The van der Waals surface area contributed by atoms with Gasteiger partial charge in [0.05, 0.1) is 38.3 Å². The number of thiophene rings is 1. The minimum absolute atomic E-state index is 0.149. The summed E-state index contributed by atoms with van der Waals surface area (Å²) < 4.78 is 82.1. The van der Waals surface area contributed by atoms with Crippen molar-refractivity contribution < 1.29 is 45.4 Å². The molecule has 15 heteroatoms. The van der Waals surface area contributed by atoms with Crippen molar-refractivity contribution in [1.82, 2.24) is 9.97 Å². The summed E-state index contributed by atoms with van der Waals surface area (Å²) in [6.07, 6.45) is -3.09. The van der Waals surface area contributed by atoms with Crippen molar-refractivity contribution in [3.8, 4) is 22.8 Å². The van der Waals surface area contributed by atoms with Crippen LogP contribution in [0, 0.1) is 0 Å². The van der Waals surface area contributed by atoms with Crippen LogP contribution in [0.2, 0.25) is 0 Å². The zero-order chi connectivity index (χ0) is 29.9. The van der Waals surface area contributed by atoms with Crippen LogP contribution >= 0.6 is 11.3 Å². The number of anilines is 1. The van der Waals surface area contributed by atoms with Crippen LogP contribution in [0.25, 0.3) is 11.3 Å². The van der Waals surface area contributed by atoms with Gasteiger partial charge in [0.1, 0.15) is 10.7 Å². The number of halogens is 3. The summed E-state index contributed by atoms with van der Waals surface area (Å²) in [5.74, 6) is -1.29. The number of sulfone groups is 1. The molecule has 1 aromatic carbocycles. The molecule has 1 N–H and O–H groups in total. The lowest BCUT2D eigenvalue weighted by atomic mass is 10.1. The average Bonchev–Trinajstić information content (AvgIpc) is 3.52. The second kappa shape index (κ2) is 12.0. The van der Waals surface area contributed by atoms with Gasteiger partial charge in [-0.05, 0) is 55.5 Å². The molecular weight excluding hydrogens is 587 g/mol. The number of nitrogens with one attached hydrogen (secondary N) is 1. The lowest BCUT2D eigenvalue weighted by Crippen LogP contribution is -2.19. The molecule has 0 saturated heterocycles. The summed E-state index contributed by atoms with van der Waals surface area (Å²) >= 11 is 1.27. The van der Waals surface area contributed by atoms with Crippen LogP contribution < -0.4 is 14.8 Å². The van der Waals surface area contributed by atoms with Crippen LogP contribution in [0.1, 0.15) is 45.8 Å². The minimum atomic E-state index is -4.95. The molecule has 41 heavy (non-hydrogen) atoms. The van der Waals surface area contributed by atoms with E-state index < -0.39 is 44.5 Å². The number of amides is 1. The molecule has 220 valence electrons. The Morgan fingerprint density at radius 1 is 1.05 bits per heavy atom. The molecule has 0 saturated carbocycles. The van der Waals surface area contributed by atoms with Gasteiger partial charge in [0.25, 0.3) is 0 Å². The molecule has 1 aliphatic rings. The first kappa shape index (κ1) is 30.2. The predicted octanol–water partition coefficient (Wildman–Crippen LogP) is 4.71. The van der Waals surface area contributed by atoms with Crippen LogP contribution in [0.15, 0.2) is 29.4 Å². The van der Waals surface area contributed by atoms with Crippen LogP contribution in [-0.4, -0.2) is 57.3 Å². The number of alkyl halides is 3. The third-order valence-corrected chi connectivity index (χ3v) is 9.11. The number of methoxy groups -OCH3 is 3. The first-order valence-corrected chi connectivity index (χ1v) is 14.8. The number of fused-ring (bicyclic) bond motifs is 1. The summed E-state index contributed by atoms with van der Waals surface area (Å²) in [5, 5.41) is 1.96. The monoisotopic (exact) mass is 613 g/mol. The molecule has 1 aliphatic carbocycles. The summed E-state index contributed by atoms with van der Waals surface area (Å²) in [7, 11) is -0.451. The molecule has 0 atom stereocenters. The van der Waals surface area contributed by atoms with Crippen LogP contribution in [0.3, 0.4) is 0 Å². The van der Waals surface area contributed by atoms with Gasteiger partial charge in [0.15, 0.2) is 11.5 Å².